The molecular formula is C11H19NO2S. The first kappa shape index (κ1) is 12.2. The van der Waals surface area contributed by atoms with Crippen molar-refractivity contribution in [3.05, 3.63) is 24.3 Å². The highest BCUT2D eigenvalue weighted by molar-refractivity contribution is 8.14. The molecule has 1 aromatic carbocycles. The number of rotatable bonds is 4. The highest BCUT2D eigenvalue weighted by Gasteiger charge is 2.23. The molecule has 0 spiro atoms. The molecule has 0 aliphatic rings. The Balaban J connectivity index is 3.03. The molecule has 0 aliphatic heterocycles. The molecule has 3 nitrogen and oxygen atoms in total. The first-order valence-corrected chi connectivity index (χ1v) is 7.57. The van der Waals surface area contributed by atoms with Crippen molar-refractivity contribution in [2.45, 2.75) is 24.7 Å². The summed E-state index contributed by atoms with van der Waals surface area (Å²) in [6.07, 6.45) is 3.10. The van der Waals surface area contributed by atoms with Crippen LogP contribution in [0.5, 0.6) is 0 Å². The van der Waals surface area contributed by atoms with Gasteiger partial charge in [0, 0.05) is 17.7 Å². The summed E-state index contributed by atoms with van der Waals surface area (Å²) < 4.78 is 22.6. The fourth-order valence-electron chi connectivity index (χ4n) is 1.42. The van der Waals surface area contributed by atoms with Gasteiger partial charge in [0.05, 0.1) is 4.90 Å². The second kappa shape index (κ2) is 3.94. The predicted molar refractivity (Wildman–Crippen MR) is 65.6 cm³/mol. The summed E-state index contributed by atoms with van der Waals surface area (Å²) in [5, 5.41) is 0. The Morgan fingerprint density at radius 3 is 2.33 bits per heavy atom. The number of nitrogens with two attached hydrogens (primary N) is 1. The Morgan fingerprint density at radius 2 is 1.87 bits per heavy atom. The van der Waals surface area contributed by atoms with Crippen molar-refractivity contribution in [2.75, 3.05) is 17.7 Å². The van der Waals surface area contributed by atoms with E-state index < -0.39 is 9.35 Å². The molecule has 0 amide bonds. The number of hydrogen-bond donors (Lipinski definition) is 2. The molecule has 0 heterocycles. The molecule has 0 saturated heterocycles. The molecule has 0 bridgehead atoms. The summed E-state index contributed by atoms with van der Waals surface area (Å²) in [6.45, 7) is 2.01. The van der Waals surface area contributed by atoms with Crippen molar-refractivity contribution in [1.82, 2.24) is 0 Å². The highest BCUT2D eigenvalue weighted by Crippen LogP contribution is 2.30. The van der Waals surface area contributed by atoms with Crippen LogP contribution < -0.4 is 5.73 Å². The molecule has 0 radical (unpaired) electrons. The van der Waals surface area contributed by atoms with Gasteiger partial charge in [0.2, 0.25) is 0 Å². The monoisotopic (exact) mass is 229 g/mol. The van der Waals surface area contributed by atoms with Gasteiger partial charge in [0.15, 0.2) is 0 Å². The zero-order valence-electron chi connectivity index (χ0n) is 9.27. The van der Waals surface area contributed by atoms with Gasteiger partial charge in [-0.05, 0) is 30.7 Å². The summed E-state index contributed by atoms with van der Waals surface area (Å²) in [5.41, 5.74) is 6.15. The maximum absolute atomic E-state index is 12.4. The van der Waals surface area contributed by atoms with Crippen LogP contribution >= 0.6 is 0 Å². The van der Waals surface area contributed by atoms with E-state index in [1.54, 1.807) is 24.3 Å². The lowest BCUT2D eigenvalue weighted by atomic mass is 10.3. The van der Waals surface area contributed by atoms with Crippen molar-refractivity contribution in [3.63, 3.8) is 0 Å². The molecule has 86 valence electrons. The average molecular weight is 229 g/mol. The van der Waals surface area contributed by atoms with Crippen LogP contribution in [0.2, 0.25) is 0 Å². The van der Waals surface area contributed by atoms with Crippen LogP contribution in [0, 0.1) is 0 Å². The maximum Gasteiger partial charge on any atom is 0.0541 e. The lowest BCUT2D eigenvalue weighted by Crippen LogP contribution is -2.34. The van der Waals surface area contributed by atoms with E-state index in [0.29, 0.717) is 16.3 Å². The van der Waals surface area contributed by atoms with E-state index in [9.17, 15) is 8.76 Å². The first-order chi connectivity index (χ1) is 6.83. The average Bonchev–Trinajstić information content (AvgIpc) is 2.15. The van der Waals surface area contributed by atoms with Crippen molar-refractivity contribution >= 4 is 15.0 Å². The Morgan fingerprint density at radius 1 is 1.33 bits per heavy atom. The third-order valence-corrected chi connectivity index (χ3v) is 5.19. The van der Waals surface area contributed by atoms with E-state index in [2.05, 4.69) is 0 Å². The first-order valence-electron chi connectivity index (χ1n) is 5.07. The summed E-state index contributed by atoms with van der Waals surface area (Å²) >= 11 is 0. The van der Waals surface area contributed by atoms with Crippen LogP contribution in [0.1, 0.15) is 19.8 Å². The predicted octanol–water partition coefficient (Wildman–Crippen LogP) is 2.35. The quantitative estimate of drug-likeness (QED) is 0.779. The second-order valence-electron chi connectivity index (χ2n) is 4.11. The van der Waals surface area contributed by atoms with Crippen molar-refractivity contribution in [2.24, 2.45) is 0 Å². The zero-order chi connectivity index (χ0) is 11.6. The third kappa shape index (κ3) is 3.04. The molecule has 3 N–H and O–H groups in total. The fraction of sp³-hybridized carbons (Fsp3) is 0.455. The summed E-state index contributed by atoms with van der Waals surface area (Å²) in [6, 6.07) is 6.60. The highest BCUT2D eigenvalue weighted by atomic mass is 32.3. The number of hydrogen-bond acceptors (Lipinski definition) is 2. The fourth-order valence-corrected chi connectivity index (χ4v) is 3.46. The van der Waals surface area contributed by atoms with Crippen LogP contribution in [-0.2, 0) is 9.35 Å². The normalized spacial score (nSPS) is 14.5. The van der Waals surface area contributed by atoms with Gasteiger partial charge < -0.3 is 5.73 Å². The molecule has 0 unspecified atom stereocenters. The van der Waals surface area contributed by atoms with Gasteiger partial charge in [-0.15, -0.1) is 0 Å². The number of anilines is 1. The van der Waals surface area contributed by atoms with Crippen LogP contribution in [0.3, 0.4) is 0 Å². The molecule has 15 heavy (non-hydrogen) atoms. The summed E-state index contributed by atoms with van der Waals surface area (Å²) in [5.74, 6) is 0.317. The van der Waals surface area contributed by atoms with Crippen molar-refractivity contribution in [3.8, 4) is 0 Å². The molecular weight excluding hydrogens is 210 g/mol. The summed E-state index contributed by atoms with van der Waals surface area (Å²) in [4.78, 5) is 0.481. The van der Waals surface area contributed by atoms with E-state index in [1.165, 1.54) is 6.26 Å². The largest absolute Gasteiger partial charge is 0.399 e. The van der Waals surface area contributed by atoms with Gasteiger partial charge in [0.25, 0.3) is 0 Å². The number of benzene rings is 1. The zero-order valence-corrected chi connectivity index (χ0v) is 10.1. The van der Waals surface area contributed by atoms with Gasteiger partial charge in [0.1, 0.15) is 0 Å². The van der Waals surface area contributed by atoms with E-state index in [-0.39, 0.29) is 0 Å². The molecule has 0 saturated carbocycles. The van der Waals surface area contributed by atoms with Gasteiger partial charge in [-0.1, -0.05) is 13.3 Å². The minimum atomic E-state index is -3.64. The molecule has 1 rings (SSSR count). The lowest BCUT2D eigenvalue weighted by molar-refractivity contribution is 0.515. The van der Waals surface area contributed by atoms with Gasteiger partial charge >= 0.3 is 0 Å². The van der Waals surface area contributed by atoms with Crippen molar-refractivity contribution in [1.29, 1.82) is 0 Å². The minimum Gasteiger partial charge on any atom is -0.399 e. The second-order valence-corrected chi connectivity index (χ2v) is 7.95. The Hall–Kier alpha value is -0.870. The van der Waals surface area contributed by atoms with Crippen LogP contribution in [0.15, 0.2) is 29.2 Å². The Labute approximate surface area is 90.9 Å². The lowest BCUT2D eigenvalue weighted by Gasteiger charge is -2.39. The van der Waals surface area contributed by atoms with Gasteiger partial charge in [-0.3, -0.25) is 4.55 Å². The number of nitrogen functional groups attached to an aromatic ring is 1. The Kier molecular flexibility index (Phi) is 3.21. The molecule has 0 atom stereocenters. The van der Waals surface area contributed by atoms with E-state index in [0.717, 1.165) is 12.8 Å². The molecule has 4 heteroatoms. The van der Waals surface area contributed by atoms with E-state index in [4.69, 9.17) is 5.73 Å². The third-order valence-electron chi connectivity index (χ3n) is 2.46. The smallest absolute Gasteiger partial charge is 0.0541 e. The van der Waals surface area contributed by atoms with Gasteiger partial charge in [-0.25, -0.2) is 4.21 Å². The topological polar surface area (TPSA) is 63.3 Å². The number of unbranched alkanes of at least 4 members (excludes halogenated alkanes) is 1. The van der Waals surface area contributed by atoms with E-state index >= 15 is 0 Å². The molecule has 0 aromatic heterocycles. The van der Waals surface area contributed by atoms with Crippen LogP contribution in [-0.4, -0.2) is 20.8 Å². The SMILES string of the molecule is CCCCS(C)(=O)(O)c1ccc(N)cc1. The minimum absolute atomic E-state index is 0.317. The maximum atomic E-state index is 12.4. The summed E-state index contributed by atoms with van der Waals surface area (Å²) in [7, 11) is -3.64. The van der Waals surface area contributed by atoms with Crippen LogP contribution in [0.4, 0.5) is 5.69 Å². The molecule has 1 aromatic rings. The standard InChI is InChI=1S/C11H19NO2S/c1-3-4-9-15(2,13,14)11-7-5-10(12)6-8-11/h5-8H,3-4,9,12H2,1-2H3,(H,13,14). The van der Waals surface area contributed by atoms with Gasteiger partial charge in [-0.2, -0.15) is 9.35 Å². The van der Waals surface area contributed by atoms with E-state index in [1.807, 2.05) is 6.92 Å². The Bertz CT molecular complexity index is 392. The van der Waals surface area contributed by atoms with Crippen molar-refractivity contribution < 1.29 is 8.76 Å². The molecule has 0 fully saturated rings. The van der Waals surface area contributed by atoms with Crippen LogP contribution in [0.25, 0.3) is 0 Å². The molecule has 0 aliphatic carbocycles.